The summed E-state index contributed by atoms with van der Waals surface area (Å²) in [7, 11) is 0. The van der Waals surface area contributed by atoms with Crippen molar-refractivity contribution in [3.05, 3.63) is 69.6 Å². The van der Waals surface area contributed by atoms with Gasteiger partial charge in [0.25, 0.3) is 5.91 Å². The SMILES string of the molecule is CC(CCc1ccc(C(=O)NC2CC2)cc1)NC1CCn2c(=O)[nH]c3cccc(c32)C1O. The van der Waals surface area contributed by atoms with Crippen molar-refractivity contribution in [1.29, 1.82) is 0 Å². The summed E-state index contributed by atoms with van der Waals surface area (Å²) in [6.07, 6.45) is 3.97. The Labute approximate surface area is 186 Å². The second-order valence-electron chi connectivity index (χ2n) is 9.22. The third kappa shape index (κ3) is 4.23. The van der Waals surface area contributed by atoms with Crippen LogP contribution >= 0.6 is 0 Å². The highest BCUT2D eigenvalue weighted by atomic mass is 16.3. The molecule has 4 N–H and O–H groups in total. The van der Waals surface area contributed by atoms with E-state index in [0.29, 0.717) is 24.6 Å². The number of benzene rings is 2. The smallest absolute Gasteiger partial charge is 0.326 e. The number of aromatic amines is 1. The number of hydrogen-bond acceptors (Lipinski definition) is 4. The number of rotatable bonds is 7. The Balaban J connectivity index is 1.19. The minimum absolute atomic E-state index is 0.00996. The highest BCUT2D eigenvalue weighted by Crippen LogP contribution is 2.30. The lowest BCUT2D eigenvalue weighted by Gasteiger charge is -2.26. The summed E-state index contributed by atoms with van der Waals surface area (Å²) in [5.74, 6) is 0.00996. The van der Waals surface area contributed by atoms with Crippen LogP contribution < -0.4 is 16.3 Å². The van der Waals surface area contributed by atoms with Gasteiger partial charge in [0.1, 0.15) is 0 Å². The molecule has 1 aromatic heterocycles. The van der Waals surface area contributed by atoms with E-state index in [9.17, 15) is 14.7 Å². The van der Waals surface area contributed by atoms with Gasteiger partial charge in [-0.1, -0.05) is 24.3 Å². The van der Waals surface area contributed by atoms with E-state index in [2.05, 4.69) is 22.5 Å². The first-order chi connectivity index (χ1) is 15.5. The number of nitrogens with one attached hydrogen (secondary N) is 3. The fourth-order valence-corrected chi connectivity index (χ4v) is 4.67. The number of nitrogens with zero attached hydrogens (tertiary/aromatic N) is 1. The van der Waals surface area contributed by atoms with Gasteiger partial charge in [0, 0.05) is 35.8 Å². The van der Waals surface area contributed by atoms with Crippen molar-refractivity contribution in [1.82, 2.24) is 20.2 Å². The maximum absolute atomic E-state index is 12.3. The summed E-state index contributed by atoms with van der Waals surface area (Å²) in [4.78, 5) is 27.3. The van der Waals surface area contributed by atoms with E-state index < -0.39 is 6.10 Å². The average Bonchev–Trinajstić information content (AvgIpc) is 3.56. The van der Waals surface area contributed by atoms with Gasteiger partial charge in [-0.2, -0.15) is 0 Å². The molecule has 1 aliphatic carbocycles. The molecule has 3 unspecified atom stereocenters. The Morgan fingerprint density at radius 1 is 1.19 bits per heavy atom. The molecule has 0 bridgehead atoms. The van der Waals surface area contributed by atoms with Gasteiger partial charge in [-0.05, 0) is 62.8 Å². The van der Waals surface area contributed by atoms with Crippen LogP contribution in [0, 0.1) is 0 Å². The van der Waals surface area contributed by atoms with E-state index in [0.717, 1.165) is 42.3 Å². The number of imidazole rings is 1. The number of aromatic nitrogens is 2. The molecule has 3 aromatic rings. The molecular weight excluding hydrogens is 404 g/mol. The van der Waals surface area contributed by atoms with Crippen molar-refractivity contribution in [3.8, 4) is 0 Å². The third-order valence-electron chi connectivity index (χ3n) is 6.68. The van der Waals surface area contributed by atoms with Gasteiger partial charge >= 0.3 is 5.69 Å². The Morgan fingerprint density at radius 2 is 1.97 bits per heavy atom. The van der Waals surface area contributed by atoms with Crippen LogP contribution in [-0.4, -0.2) is 38.7 Å². The molecule has 168 valence electrons. The third-order valence-corrected chi connectivity index (χ3v) is 6.68. The number of amides is 1. The molecule has 0 radical (unpaired) electrons. The molecule has 1 fully saturated rings. The predicted octanol–water partition coefficient (Wildman–Crippen LogP) is 2.64. The van der Waals surface area contributed by atoms with Crippen LogP contribution in [0.2, 0.25) is 0 Å². The van der Waals surface area contributed by atoms with Gasteiger partial charge in [-0.15, -0.1) is 0 Å². The van der Waals surface area contributed by atoms with Crippen LogP contribution in [-0.2, 0) is 13.0 Å². The van der Waals surface area contributed by atoms with Crippen molar-refractivity contribution in [2.45, 2.75) is 69.8 Å². The Bertz CT molecular complexity index is 1180. The molecule has 2 heterocycles. The molecule has 0 spiro atoms. The lowest BCUT2D eigenvalue weighted by atomic mass is 9.98. The maximum Gasteiger partial charge on any atom is 0.326 e. The van der Waals surface area contributed by atoms with E-state index in [4.69, 9.17) is 0 Å². The predicted molar refractivity (Wildman–Crippen MR) is 124 cm³/mol. The molecule has 7 nitrogen and oxygen atoms in total. The van der Waals surface area contributed by atoms with E-state index >= 15 is 0 Å². The molecule has 0 saturated heterocycles. The topological polar surface area (TPSA) is 99.2 Å². The standard InChI is InChI=1S/C25H30N4O3/c1-15(5-6-16-7-9-17(10-8-16)24(31)27-18-11-12-18)26-21-13-14-29-22-19(23(21)30)3-2-4-20(22)28-25(29)32/h2-4,7-10,15,18,21,23,26,30H,5-6,11-14H2,1H3,(H,27,31)(H,28,32). The highest BCUT2D eigenvalue weighted by Gasteiger charge is 2.29. The van der Waals surface area contributed by atoms with Crippen molar-refractivity contribution in [3.63, 3.8) is 0 Å². The summed E-state index contributed by atoms with van der Waals surface area (Å²) in [6, 6.07) is 13.9. The minimum atomic E-state index is -0.672. The van der Waals surface area contributed by atoms with Gasteiger partial charge in [-0.3, -0.25) is 9.36 Å². The van der Waals surface area contributed by atoms with Crippen molar-refractivity contribution >= 4 is 16.9 Å². The summed E-state index contributed by atoms with van der Waals surface area (Å²) in [5.41, 5.74) is 4.16. The number of aliphatic hydroxyl groups is 1. The zero-order valence-corrected chi connectivity index (χ0v) is 18.3. The molecular formula is C25H30N4O3. The first-order valence-corrected chi connectivity index (χ1v) is 11.5. The molecule has 5 rings (SSSR count). The van der Waals surface area contributed by atoms with Gasteiger partial charge < -0.3 is 20.7 Å². The molecule has 1 amide bonds. The Morgan fingerprint density at radius 3 is 2.72 bits per heavy atom. The van der Waals surface area contributed by atoms with E-state index in [1.807, 2.05) is 42.5 Å². The highest BCUT2D eigenvalue weighted by molar-refractivity contribution is 5.94. The van der Waals surface area contributed by atoms with Crippen LogP contribution in [0.5, 0.6) is 0 Å². The molecule has 7 heteroatoms. The molecule has 2 aromatic carbocycles. The van der Waals surface area contributed by atoms with E-state index in [-0.39, 0.29) is 23.7 Å². The second-order valence-corrected chi connectivity index (χ2v) is 9.22. The zero-order valence-electron chi connectivity index (χ0n) is 18.3. The fourth-order valence-electron chi connectivity index (χ4n) is 4.67. The van der Waals surface area contributed by atoms with Gasteiger partial charge in [0.15, 0.2) is 0 Å². The molecule has 3 atom stereocenters. The van der Waals surface area contributed by atoms with Crippen molar-refractivity contribution < 1.29 is 9.90 Å². The quantitative estimate of drug-likeness (QED) is 0.459. The number of aryl methyl sites for hydroxylation is 2. The van der Waals surface area contributed by atoms with Crippen LogP contribution in [0.15, 0.2) is 47.3 Å². The minimum Gasteiger partial charge on any atom is -0.387 e. The average molecular weight is 435 g/mol. The van der Waals surface area contributed by atoms with Gasteiger partial charge in [0.2, 0.25) is 0 Å². The molecule has 32 heavy (non-hydrogen) atoms. The normalized spacial score (nSPS) is 21.3. The van der Waals surface area contributed by atoms with E-state index in [1.54, 1.807) is 4.57 Å². The first kappa shape index (κ1) is 21.0. The summed E-state index contributed by atoms with van der Waals surface area (Å²) >= 11 is 0. The fraction of sp³-hybridized carbons (Fsp3) is 0.440. The number of carbonyl (C=O) groups is 1. The maximum atomic E-state index is 12.3. The van der Waals surface area contributed by atoms with Crippen LogP contribution in [0.3, 0.4) is 0 Å². The Hall–Kier alpha value is -2.90. The van der Waals surface area contributed by atoms with Crippen LogP contribution in [0.4, 0.5) is 0 Å². The lowest BCUT2D eigenvalue weighted by Crippen LogP contribution is -2.41. The van der Waals surface area contributed by atoms with Gasteiger partial charge in [-0.25, -0.2) is 4.79 Å². The number of para-hydroxylation sites is 1. The molecule has 2 aliphatic rings. The Kier molecular flexibility index (Phi) is 5.61. The summed E-state index contributed by atoms with van der Waals surface area (Å²) < 4.78 is 1.74. The summed E-state index contributed by atoms with van der Waals surface area (Å²) in [6.45, 7) is 2.70. The van der Waals surface area contributed by atoms with Gasteiger partial charge in [0.05, 0.1) is 17.1 Å². The number of aliphatic hydroxyl groups excluding tert-OH is 1. The molecule has 1 aliphatic heterocycles. The van der Waals surface area contributed by atoms with Crippen molar-refractivity contribution in [2.75, 3.05) is 0 Å². The van der Waals surface area contributed by atoms with Crippen LogP contribution in [0.1, 0.15) is 60.2 Å². The van der Waals surface area contributed by atoms with Crippen LogP contribution in [0.25, 0.3) is 11.0 Å². The first-order valence-electron chi connectivity index (χ1n) is 11.5. The largest absolute Gasteiger partial charge is 0.387 e. The van der Waals surface area contributed by atoms with Crippen molar-refractivity contribution in [2.24, 2.45) is 0 Å². The summed E-state index contributed by atoms with van der Waals surface area (Å²) in [5, 5.41) is 17.7. The lowest BCUT2D eigenvalue weighted by molar-refractivity contribution is 0.0951. The zero-order chi connectivity index (χ0) is 22.2. The number of H-pyrrole nitrogens is 1. The van der Waals surface area contributed by atoms with E-state index in [1.165, 1.54) is 5.56 Å². The number of carbonyl (C=O) groups excluding carboxylic acids is 1. The molecule has 1 saturated carbocycles. The number of hydrogen-bond donors (Lipinski definition) is 4. The monoisotopic (exact) mass is 434 g/mol. The second kappa shape index (κ2) is 8.56.